The highest BCUT2D eigenvalue weighted by molar-refractivity contribution is 5.92. The van der Waals surface area contributed by atoms with E-state index >= 15 is 0 Å². The van der Waals surface area contributed by atoms with E-state index in [1.54, 1.807) is 6.07 Å². The molecule has 0 fully saturated rings. The van der Waals surface area contributed by atoms with Gasteiger partial charge >= 0.3 is 5.82 Å². The van der Waals surface area contributed by atoms with Crippen LogP contribution in [0.3, 0.4) is 0 Å². The summed E-state index contributed by atoms with van der Waals surface area (Å²) in [5, 5.41) is 17.0. The van der Waals surface area contributed by atoms with E-state index in [2.05, 4.69) is 10.4 Å². The van der Waals surface area contributed by atoms with Crippen LogP contribution in [-0.4, -0.2) is 27.2 Å². The number of aromatic nitrogens is 2. The predicted molar refractivity (Wildman–Crippen MR) is 84.5 cm³/mol. The van der Waals surface area contributed by atoms with Gasteiger partial charge in [-0.3, -0.25) is 4.79 Å². The standard InChI is InChI=1S/C15H18N4O4/c1-3-8-23-13-9-11(2)4-5-12(13)16-15(20)10-18-7-6-14(17-18)19(21)22/h4-7,9H,3,8,10H2,1-2H3,(H,16,20). The molecule has 0 spiro atoms. The van der Waals surface area contributed by atoms with Crippen molar-refractivity contribution in [2.75, 3.05) is 11.9 Å². The highest BCUT2D eigenvalue weighted by Crippen LogP contribution is 2.26. The van der Waals surface area contributed by atoms with Gasteiger partial charge in [-0.05, 0) is 36.0 Å². The van der Waals surface area contributed by atoms with Crippen molar-refractivity contribution in [3.63, 3.8) is 0 Å². The monoisotopic (exact) mass is 318 g/mol. The van der Waals surface area contributed by atoms with Crippen molar-refractivity contribution in [3.05, 3.63) is 46.1 Å². The summed E-state index contributed by atoms with van der Waals surface area (Å²) in [5.41, 5.74) is 1.59. The van der Waals surface area contributed by atoms with Crippen molar-refractivity contribution in [1.82, 2.24) is 9.78 Å². The Bertz CT molecular complexity index is 711. The second kappa shape index (κ2) is 7.39. The molecule has 2 rings (SSSR count). The molecule has 122 valence electrons. The fourth-order valence-electron chi connectivity index (χ4n) is 1.94. The van der Waals surface area contributed by atoms with Gasteiger partial charge in [-0.15, -0.1) is 0 Å². The molecule has 2 aromatic rings. The molecule has 1 aromatic heterocycles. The highest BCUT2D eigenvalue weighted by Gasteiger charge is 2.14. The van der Waals surface area contributed by atoms with Crippen LogP contribution in [0.15, 0.2) is 30.5 Å². The average molecular weight is 318 g/mol. The summed E-state index contributed by atoms with van der Waals surface area (Å²) in [5.74, 6) is -0.0278. The number of aryl methyl sites for hydroxylation is 1. The number of nitro groups is 1. The van der Waals surface area contributed by atoms with Crippen molar-refractivity contribution < 1.29 is 14.5 Å². The van der Waals surface area contributed by atoms with Crippen LogP contribution in [0.1, 0.15) is 18.9 Å². The Morgan fingerprint density at radius 2 is 2.22 bits per heavy atom. The summed E-state index contributed by atoms with van der Waals surface area (Å²) in [4.78, 5) is 22.0. The summed E-state index contributed by atoms with van der Waals surface area (Å²) in [6.07, 6.45) is 2.25. The largest absolute Gasteiger partial charge is 0.491 e. The summed E-state index contributed by atoms with van der Waals surface area (Å²) in [7, 11) is 0. The first-order valence-electron chi connectivity index (χ1n) is 7.20. The number of anilines is 1. The summed E-state index contributed by atoms with van der Waals surface area (Å²) in [6.45, 7) is 4.37. The lowest BCUT2D eigenvalue weighted by Gasteiger charge is -2.12. The number of carbonyl (C=O) groups is 1. The van der Waals surface area contributed by atoms with Gasteiger partial charge in [0.25, 0.3) is 0 Å². The maximum absolute atomic E-state index is 12.1. The van der Waals surface area contributed by atoms with Gasteiger partial charge in [-0.25, -0.2) is 0 Å². The maximum atomic E-state index is 12.1. The van der Waals surface area contributed by atoms with E-state index in [0.29, 0.717) is 18.0 Å². The van der Waals surface area contributed by atoms with Crippen LogP contribution in [0.4, 0.5) is 11.5 Å². The van der Waals surface area contributed by atoms with Gasteiger partial charge in [-0.2, -0.15) is 4.68 Å². The zero-order chi connectivity index (χ0) is 16.8. The Labute approximate surface area is 133 Å². The number of nitrogens with one attached hydrogen (secondary N) is 1. The number of hydrogen-bond donors (Lipinski definition) is 1. The van der Waals surface area contributed by atoms with E-state index in [9.17, 15) is 14.9 Å². The Balaban J connectivity index is 2.05. The molecular formula is C15H18N4O4. The molecule has 0 aliphatic carbocycles. The van der Waals surface area contributed by atoms with Crippen molar-refractivity contribution in [2.24, 2.45) is 0 Å². The van der Waals surface area contributed by atoms with Crippen LogP contribution < -0.4 is 10.1 Å². The van der Waals surface area contributed by atoms with Crippen LogP contribution in [0, 0.1) is 17.0 Å². The summed E-state index contributed by atoms with van der Waals surface area (Å²) in [6, 6.07) is 6.73. The lowest BCUT2D eigenvalue weighted by Crippen LogP contribution is -2.19. The summed E-state index contributed by atoms with van der Waals surface area (Å²) < 4.78 is 6.84. The first kappa shape index (κ1) is 16.5. The van der Waals surface area contributed by atoms with Crippen LogP contribution >= 0.6 is 0 Å². The highest BCUT2D eigenvalue weighted by atomic mass is 16.6. The molecule has 1 amide bonds. The molecule has 0 bridgehead atoms. The molecule has 0 aliphatic rings. The fraction of sp³-hybridized carbons (Fsp3) is 0.333. The Morgan fingerprint density at radius 1 is 1.43 bits per heavy atom. The molecule has 0 atom stereocenters. The summed E-state index contributed by atoms with van der Waals surface area (Å²) >= 11 is 0. The SMILES string of the molecule is CCCOc1cc(C)ccc1NC(=O)Cn1ccc([N+](=O)[O-])n1. The minimum atomic E-state index is -0.606. The van der Waals surface area contributed by atoms with Crippen molar-refractivity contribution in [2.45, 2.75) is 26.8 Å². The number of nitrogens with zero attached hydrogens (tertiary/aromatic N) is 3. The number of ether oxygens (including phenoxy) is 1. The van der Waals surface area contributed by atoms with Gasteiger partial charge in [0.1, 0.15) is 12.3 Å². The predicted octanol–water partition coefficient (Wildman–Crippen LogP) is 2.53. The number of benzene rings is 1. The van der Waals surface area contributed by atoms with E-state index < -0.39 is 4.92 Å². The quantitative estimate of drug-likeness (QED) is 0.624. The molecule has 0 radical (unpaired) electrons. The lowest BCUT2D eigenvalue weighted by molar-refractivity contribution is -0.389. The smallest absolute Gasteiger partial charge is 0.389 e. The number of carbonyl (C=O) groups excluding carboxylic acids is 1. The third-order valence-corrected chi connectivity index (χ3v) is 2.99. The average Bonchev–Trinajstić information content (AvgIpc) is 2.96. The molecule has 0 aliphatic heterocycles. The van der Waals surface area contributed by atoms with Crippen LogP contribution in [0.5, 0.6) is 5.75 Å². The number of hydrogen-bond acceptors (Lipinski definition) is 5. The number of amides is 1. The van der Waals surface area contributed by atoms with Crippen molar-refractivity contribution in [1.29, 1.82) is 0 Å². The molecule has 8 heteroatoms. The van der Waals surface area contributed by atoms with Gasteiger partial charge in [0.15, 0.2) is 0 Å². The van der Waals surface area contributed by atoms with E-state index in [1.807, 2.05) is 26.0 Å². The molecule has 23 heavy (non-hydrogen) atoms. The van der Waals surface area contributed by atoms with E-state index in [4.69, 9.17) is 4.74 Å². The second-order valence-corrected chi connectivity index (χ2v) is 5.02. The second-order valence-electron chi connectivity index (χ2n) is 5.02. The third-order valence-electron chi connectivity index (χ3n) is 2.99. The fourth-order valence-corrected chi connectivity index (χ4v) is 1.94. The van der Waals surface area contributed by atoms with Gasteiger partial charge < -0.3 is 20.2 Å². The third kappa shape index (κ3) is 4.53. The molecule has 1 heterocycles. The number of rotatable bonds is 7. The first-order chi connectivity index (χ1) is 11.0. The zero-order valence-electron chi connectivity index (χ0n) is 13.0. The zero-order valence-corrected chi connectivity index (χ0v) is 13.0. The molecule has 0 unspecified atom stereocenters. The molecular weight excluding hydrogens is 300 g/mol. The molecule has 0 saturated heterocycles. The van der Waals surface area contributed by atoms with Gasteiger partial charge in [-0.1, -0.05) is 13.0 Å². The minimum absolute atomic E-state index is 0.116. The van der Waals surface area contributed by atoms with Crippen LogP contribution in [0.25, 0.3) is 0 Å². The molecule has 1 N–H and O–H groups in total. The molecule has 1 aromatic carbocycles. The van der Waals surface area contributed by atoms with Crippen molar-refractivity contribution in [3.8, 4) is 5.75 Å². The Morgan fingerprint density at radius 3 is 2.87 bits per heavy atom. The van der Waals surface area contributed by atoms with E-state index in [-0.39, 0.29) is 18.3 Å². The van der Waals surface area contributed by atoms with Gasteiger partial charge in [0.2, 0.25) is 5.91 Å². The molecule has 8 nitrogen and oxygen atoms in total. The molecule has 0 saturated carbocycles. The first-order valence-corrected chi connectivity index (χ1v) is 7.20. The normalized spacial score (nSPS) is 10.3. The minimum Gasteiger partial charge on any atom is -0.491 e. The van der Waals surface area contributed by atoms with E-state index in [1.165, 1.54) is 16.9 Å². The van der Waals surface area contributed by atoms with E-state index in [0.717, 1.165) is 12.0 Å². The van der Waals surface area contributed by atoms with Gasteiger partial charge in [0.05, 0.1) is 29.7 Å². The van der Waals surface area contributed by atoms with Crippen molar-refractivity contribution >= 4 is 17.4 Å². The Kier molecular flexibility index (Phi) is 5.29. The lowest BCUT2D eigenvalue weighted by atomic mass is 10.2. The van der Waals surface area contributed by atoms with Gasteiger partial charge in [0, 0.05) is 0 Å². The van der Waals surface area contributed by atoms with Crippen LogP contribution in [-0.2, 0) is 11.3 Å². The van der Waals surface area contributed by atoms with Crippen LogP contribution in [0.2, 0.25) is 0 Å². The topological polar surface area (TPSA) is 99.3 Å². The maximum Gasteiger partial charge on any atom is 0.389 e. The Hall–Kier alpha value is -2.90.